The number of fused-ring (bicyclic) bond motifs is 1. The average molecular weight is 701 g/mol. The molecule has 3 N–H and O–H groups in total. The molecule has 0 unspecified atom stereocenters. The fourth-order valence-electron chi connectivity index (χ4n) is 7.02. The summed E-state index contributed by atoms with van der Waals surface area (Å²) in [6, 6.07) is 15.9. The first-order valence-electron chi connectivity index (χ1n) is 17.0. The van der Waals surface area contributed by atoms with Crippen LogP contribution in [0.15, 0.2) is 60.7 Å². The molecule has 1 aromatic heterocycles. The van der Waals surface area contributed by atoms with Gasteiger partial charge in [-0.2, -0.15) is 0 Å². The summed E-state index contributed by atoms with van der Waals surface area (Å²) in [4.78, 5) is 44.3. The van der Waals surface area contributed by atoms with Gasteiger partial charge >= 0.3 is 5.97 Å². The van der Waals surface area contributed by atoms with Crippen molar-refractivity contribution in [2.75, 3.05) is 37.3 Å². The number of carbonyl (C=O) groups excluding carboxylic acids is 2. The highest BCUT2D eigenvalue weighted by molar-refractivity contribution is 7.17. The molecule has 0 saturated carbocycles. The van der Waals surface area contributed by atoms with Crippen LogP contribution in [-0.4, -0.2) is 64.9 Å². The average Bonchev–Trinajstić information content (AvgIpc) is 3.43. The van der Waals surface area contributed by atoms with Gasteiger partial charge in [-0.1, -0.05) is 24.3 Å². The summed E-state index contributed by atoms with van der Waals surface area (Å²) in [5.41, 5.74) is 3.45. The number of carbonyl (C=O) groups is 3. The van der Waals surface area contributed by atoms with E-state index in [4.69, 9.17) is 5.11 Å². The molecule has 1 saturated heterocycles. The number of halogens is 2. The van der Waals surface area contributed by atoms with Gasteiger partial charge in [-0.25, -0.2) is 13.6 Å². The summed E-state index contributed by atoms with van der Waals surface area (Å²) in [6.45, 7) is 8.04. The quantitative estimate of drug-likeness (QED) is 0.159. The molecule has 1 fully saturated rings. The minimum Gasteiger partial charge on any atom is -0.478 e. The minimum atomic E-state index is -1.05. The van der Waals surface area contributed by atoms with Crippen LogP contribution in [0, 0.1) is 11.6 Å². The Bertz CT molecular complexity index is 1900. The van der Waals surface area contributed by atoms with Crippen LogP contribution in [0.3, 0.4) is 0 Å². The van der Waals surface area contributed by atoms with Gasteiger partial charge in [-0.3, -0.25) is 14.5 Å². The van der Waals surface area contributed by atoms with E-state index in [-0.39, 0.29) is 34.7 Å². The third-order valence-electron chi connectivity index (χ3n) is 9.72. The Morgan fingerprint density at radius 3 is 2.28 bits per heavy atom. The van der Waals surface area contributed by atoms with E-state index >= 15 is 8.78 Å². The van der Waals surface area contributed by atoms with Gasteiger partial charge in [0.1, 0.15) is 16.6 Å². The molecule has 0 atom stereocenters. The second kappa shape index (κ2) is 14.8. The van der Waals surface area contributed by atoms with Crippen LogP contribution in [0.5, 0.6) is 0 Å². The summed E-state index contributed by atoms with van der Waals surface area (Å²) in [5.74, 6) is -3.48. The van der Waals surface area contributed by atoms with Crippen molar-refractivity contribution in [3.05, 3.63) is 116 Å². The van der Waals surface area contributed by atoms with Crippen molar-refractivity contribution in [3.8, 4) is 0 Å². The van der Waals surface area contributed by atoms with Crippen LogP contribution in [0.4, 0.5) is 19.5 Å². The first-order valence-corrected chi connectivity index (χ1v) is 17.8. The Morgan fingerprint density at radius 2 is 1.58 bits per heavy atom. The van der Waals surface area contributed by atoms with Crippen molar-refractivity contribution in [1.82, 2.24) is 9.80 Å². The molecule has 1 aliphatic carbocycles. The topological polar surface area (TPSA) is 102 Å². The second-order valence-electron chi connectivity index (χ2n) is 13.9. The van der Waals surface area contributed by atoms with E-state index in [1.54, 1.807) is 18.2 Å². The molecule has 0 spiro atoms. The predicted molar refractivity (Wildman–Crippen MR) is 192 cm³/mol. The van der Waals surface area contributed by atoms with Crippen molar-refractivity contribution < 1.29 is 28.3 Å². The number of amides is 2. The monoisotopic (exact) mass is 700 g/mol. The molecule has 262 valence electrons. The first kappa shape index (κ1) is 35.4. The van der Waals surface area contributed by atoms with Gasteiger partial charge in [-0.15, -0.1) is 11.3 Å². The third-order valence-corrected chi connectivity index (χ3v) is 10.9. The second-order valence-corrected chi connectivity index (χ2v) is 15.0. The minimum absolute atomic E-state index is 0.00654. The van der Waals surface area contributed by atoms with Crippen molar-refractivity contribution in [3.63, 3.8) is 0 Å². The predicted octanol–water partition coefficient (Wildman–Crippen LogP) is 7.42. The lowest BCUT2D eigenvalue weighted by Gasteiger charge is -2.46. The maximum Gasteiger partial charge on any atom is 0.335 e. The molecular formula is C39H42F2N4O4S. The fraction of sp³-hybridized carbons (Fsp3) is 0.359. The molecule has 3 aromatic carbocycles. The van der Waals surface area contributed by atoms with E-state index in [9.17, 15) is 14.4 Å². The number of carboxylic acids is 1. The van der Waals surface area contributed by atoms with E-state index in [1.807, 2.05) is 18.2 Å². The van der Waals surface area contributed by atoms with E-state index in [0.29, 0.717) is 35.5 Å². The zero-order valence-corrected chi connectivity index (χ0v) is 29.4. The number of carboxylic acid groups (broad SMARTS) is 1. The first-order chi connectivity index (χ1) is 23.9. The summed E-state index contributed by atoms with van der Waals surface area (Å²) < 4.78 is 30.4. The van der Waals surface area contributed by atoms with Gasteiger partial charge in [0, 0.05) is 53.4 Å². The van der Waals surface area contributed by atoms with Crippen molar-refractivity contribution in [2.45, 2.75) is 64.5 Å². The highest BCUT2D eigenvalue weighted by atomic mass is 32.1. The van der Waals surface area contributed by atoms with Gasteiger partial charge in [0.05, 0.1) is 11.1 Å². The number of anilines is 2. The molecule has 2 heterocycles. The Balaban J connectivity index is 1.17. The van der Waals surface area contributed by atoms with Crippen LogP contribution in [-0.2, 0) is 32.2 Å². The Morgan fingerprint density at radius 1 is 0.860 bits per heavy atom. The number of rotatable bonds is 10. The zero-order valence-electron chi connectivity index (χ0n) is 28.6. The maximum atomic E-state index is 15.2. The Kier molecular flexibility index (Phi) is 10.5. The molecule has 50 heavy (non-hydrogen) atoms. The van der Waals surface area contributed by atoms with E-state index in [0.717, 1.165) is 72.6 Å². The highest BCUT2D eigenvalue weighted by Gasteiger charge is 2.32. The number of aryl methyl sites for hydroxylation is 2. The van der Waals surface area contributed by atoms with Gasteiger partial charge in [0.2, 0.25) is 0 Å². The number of thiophene rings is 1. The lowest BCUT2D eigenvalue weighted by molar-refractivity contribution is 0.0254. The smallest absolute Gasteiger partial charge is 0.335 e. The number of hydrogen-bond donors (Lipinski definition) is 3. The van der Waals surface area contributed by atoms with Gasteiger partial charge < -0.3 is 20.6 Å². The number of aromatic carboxylic acids is 1. The molecule has 1 aliphatic heterocycles. The van der Waals surface area contributed by atoms with E-state index < -0.39 is 23.5 Å². The van der Waals surface area contributed by atoms with Gasteiger partial charge in [0.15, 0.2) is 0 Å². The Hall–Kier alpha value is -4.45. The zero-order chi connectivity index (χ0) is 35.6. The molecule has 4 aromatic rings. The number of nitrogens with one attached hydrogen (secondary N) is 2. The normalized spacial score (nSPS) is 16.1. The molecular weight excluding hydrogens is 659 g/mol. The molecule has 2 amide bonds. The highest BCUT2D eigenvalue weighted by Crippen LogP contribution is 2.39. The van der Waals surface area contributed by atoms with Crippen molar-refractivity contribution in [2.24, 2.45) is 0 Å². The van der Waals surface area contributed by atoms with Gasteiger partial charge in [0.25, 0.3) is 11.8 Å². The SMILES string of the molecule is CN1CCN(Cc2cccc(C(=O)Nc3sc4c(c3C(=O)Nc3cc(F)c(CCc5ccc(C(=O)O)cc5)c(F)c3)CCCC4)c2)C(C)(C)C1. The third kappa shape index (κ3) is 7.96. The van der Waals surface area contributed by atoms with Crippen LogP contribution in [0.2, 0.25) is 0 Å². The van der Waals surface area contributed by atoms with Crippen molar-refractivity contribution >= 4 is 39.8 Å². The van der Waals surface area contributed by atoms with E-state index in [2.05, 4.69) is 41.3 Å². The largest absolute Gasteiger partial charge is 0.478 e. The Labute approximate surface area is 295 Å². The van der Waals surface area contributed by atoms with Crippen LogP contribution in [0.1, 0.15) is 84.9 Å². The standard InChI is InChI=1S/C39H42F2N4O4S/c1-39(2)23-44(3)17-18-45(39)22-25-7-6-8-27(19-25)35(46)43-37-34(30-9-4-5-10-33(30)50-37)36(47)42-28-20-31(40)29(32(41)21-28)16-13-24-11-14-26(15-12-24)38(48)49/h6-8,11-12,14-15,19-21H,4-5,9-10,13,16-18,22-23H2,1-3H3,(H,42,47)(H,43,46)(H,48,49). The van der Waals surface area contributed by atoms with Gasteiger partial charge in [-0.05, 0) is 113 Å². The number of likely N-dealkylation sites (N-methyl/N-ethyl adjacent to an activating group) is 1. The number of hydrogen-bond acceptors (Lipinski definition) is 6. The molecule has 0 radical (unpaired) electrons. The van der Waals surface area contributed by atoms with Crippen LogP contribution in [0.25, 0.3) is 0 Å². The molecule has 2 aliphatic rings. The fourth-order valence-corrected chi connectivity index (χ4v) is 8.30. The van der Waals surface area contributed by atoms with E-state index in [1.165, 1.54) is 23.5 Å². The number of piperazine rings is 1. The molecule has 11 heteroatoms. The summed E-state index contributed by atoms with van der Waals surface area (Å²) in [6.07, 6.45) is 3.72. The number of benzene rings is 3. The molecule has 8 nitrogen and oxygen atoms in total. The lowest BCUT2D eigenvalue weighted by Crippen LogP contribution is -2.57. The lowest BCUT2D eigenvalue weighted by atomic mass is 9.95. The summed E-state index contributed by atoms with van der Waals surface area (Å²) in [7, 11) is 2.13. The molecule has 0 bridgehead atoms. The maximum absolute atomic E-state index is 15.2. The van der Waals surface area contributed by atoms with Crippen LogP contribution < -0.4 is 10.6 Å². The summed E-state index contributed by atoms with van der Waals surface area (Å²) in [5, 5.41) is 15.2. The number of nitrogens with zero attached hydrogens (tertiary/aromatic N) is 2. The molecule has 6 rings (SSSR count). The van der Waals surface area contributed by atoms with Crippen LogP contribution >= 0.6 is 11.3 Å². The summed E-state index contributed by atoms with van der Waals surface area (Å²) >= 11 is 1.39. The van der Waals surface area contributed by atoms with Crippen molar-refractivity contribution in [1.29, 1.82) is 0 Å².